The molecule has 0 saturated carbocycles. The van der Waals surface area contributed by atoms with Gasteiger partial charge in [-0.1, -0.05) is 0 Å². The van der Waals surface area contributed by atoms with Crippen LogP contribution in [0.4, 0.5) is 5.95 Å². The maximum absolute atomic E-state index is 5.57. The molecule has 0 aliphatic carbocycles. The summed E-state index contributed by atoms with van der Waals surface area (Å²) in [5, 5.41) is 3.06. The summed E-state index contributed by atoms with van der Waals surface area (Å²) in [7, 11) is 1.58. The zero-order valence-electron chi connectivity index (χ0n) is 12.6. The minimum atomic E-state index is -0.0274. The molecule has 0 aliphatic rings. The highest BCUT2D eigenvalue weighted by molar-refractivity contribution is 5.59. The monoisotopic (exact) mass is 289 g/mol. The van der Waals surface area contributed by atoms with Crippen LogP contribution in [0, 0.1) is 0 Å². The molecule has 112 valence electrons. The van der Waals surface area contributed by atoms with E-state index in [1.807, 2.05) is 26.8 Å². The van der Waals surface area contributed by atoms with Crippen molar-refractivity contribution in [1.29, 1.82) is 0 Å². The Balaban J connectivity index is 2.48. The number of rotatable bonds is 6. The second kappa shape index (κ2) is 6.83. The van der Waals surface area contributed by atoms with Crippen LogP contribution in [-0.4, -0.2) is 39.7 Å². The quantitative estimate of drug-likeness (QED) is 0.872. The van der Waals surface area contributed by atoms with Crippen LogP contribution in [0.5, 0.6) is 11.8 Å². The zero-order chi connectivity index (χ0) is 15.2. The van der Waals surface area contributed by atoms with Crippen LogP contribution in [0.15, 0.2) is 18.3 Å². The largest absolute Gasteiger partial charge is 0.494 e. The number of nitrogens with one attached hydrogen (secondary N) is 1. The van der Waals surface area contributed by atoms with Gasteiger partial charge in [0.2, 0.25) is 5.95 Å². The molecule has 2 aromatic heterocycles. The molecule has 0 aromatic carbocycles. The lowest BCUT2D eigenvalue weighted by Crippen LogP contribution is -2.12. The van der Waals surface area contributed by atoms with E-state index in [0.717, 1.165) is 0 Å². The van der Waals surface area contributed by atoms with Crippen molar-refractivity contribution in [3.05, 3.63) is 18.3 Å². The smallest absolute Gasteiger partial charge is 0.322 e. The predicted octanol–water partition coefficient (Wildman–Crippen LogP) is 2.16. The molecule has 0 spiro atoms. The Bertz CT molecular complexity index is 604. The van der Waals surface area contributed by atoms with Crippen molar-refractivity contribution in [2.24, 2.45) is 0 Å². The van der Waals surface area contributed by atoms with Gasteiger partial charge in [0.25, 0.3) is 0 Å². The van der Waals surface area contributed by atoms with Crippen LogP contribution in [0.3, 0.4) is 0 Å². The molecule has 1 N–H and O–H groups in total. The summed E-state index contributed by atoms with van der Waals surface area (Å²) in [5.41, 5.74) is 0.551. The third-order valence-electron chi connectivity index (χ3n) is 2.49. The van der Waals surface area contributed by atoms with E-state index in [9.17, 15) is 0 Å². The Labute approximate surface area is 123 Å². The Hall–Kier alpha value is -2.44. The van der Waals surface area contributed by atoms with E-state index in [0.29, 0.717) is 29.8 Å². The number of nitrogens with zero attached hydrogens (tertiary/aromatic N) is 4. The molecule has 2 heterocycles. The van der Waals surface area contributed by atoms with Gasteiger partial charge in [-0.15, -0.1) is 0 Å². The fraction of sp³-hybridized carbons (Fsp3) is 0.429. The average Bonchev–Trinajstić information content (AvgIpc) is 2.46. The number of pyridine rings is 1. The molecule has 7 heteroatoms. The fourth-order valence-corrected chi connectivity index (χ4v) is 1.69. The van der Waals surface area contributed by atoms with Crippen molar-refractivity contribution in [3.8, 4) is 23.3 Å². The minimum Gasteiger partial charge on any atom is -0.494 e. The Morgan fingerprint density at radius 3 is 2.71 bits per heavy atom. The van der Waals surface area contributed by atoms with Crippen molar-refractivity contribution in [1.82, 2.24) is 19.9 Å². The van der Waals surface area contributed by atoms with Crippen molar-refractivity contribution in [3.63, 3.8) is 0 Å². The van der Waals surface area contributed by atoms with Gasteiger partial charge in [-0.05, 0) is 32.9 Å². The van der Waals surface area contributed by atoms with Gasteiger partial charge in [0, 0.05) is 12.7 Å². The molecule has 0 unspecified atom stereocenters. The summed E-state index contributed by atoms with van der Waals surface area (Å²) in [4.78, 5) is 17.2. The maximum atomic E-state index is 5.57. The summed E-state index contributed by atoms with van der Waals surface area (Å²) < 4.78 is 10.9. The first-order chi connectivity index (χ1) is 10.1. The van der Waals surface area contributed by atoms with Gasteiger partial charge in [-0.2, -0.15) is 15.0 Å². The normalized spacial score (nSPS) is 10.5. The van der Waals surface area contributed by atoms with Gasteiger partial charge >= 0.3 is 6.01 Å². The molecule has 21 heavy (non-hydrogen) atoms. The molecule has 0 fully saturated rings. The average molecular weight is 289 g/mol. The zero-order valence-corrected chi connectivity index (χ0v) is 12.6. The van der Waals surface area contributed by atoms with Crippen LogP contribution in [-0.2, 0) is 0 Å². The maximum Gasteiger partial charge on any atom is 0.322 e. The molecule has 0 saturated heterocycles. The number of methoxy groups -OCH3 is 1. The lowest BCUT2D eigenvalue weighted by Gasteiger charge is -2.11. The van der Waals surface area contributed by atoms with Crippen molar-refractivity contribution >= 4 is 5.95 Å². The lowest BCUT2D eigenvalue weighted by atomic mass is 10.3. The SMILES string of the molecule is CCNc1nc(OC(C)C)nc(-c2ncccc2OC)n1. The van der Waals surface area contributed by atoms with E-state index in [-0.39, 0.29) is 12.1 Å². The molecule has 2 aromatic rings. The van der Waals surface area contributed by atoms with Crippen molar-refractivity contribution in [2.45, 2.75) is 26.9 Å². The fourth-order valence-electron chi connectivity index (χ4n) is 1.69. The summed E-state index contributed by atoms with van der Waals surface area (Å²) in [6.07, 6.45) is 1.64. The van der Waals surface area contributed by atoms with E-state index in [4.69, 9.17) is 9.47 Å². The molecule has 0 bridgehead atoms. The van der Waals surface area contributed by atoms with Crippen molar-refractivity contribution in [2.75, 3.05) is 19.0 Å². The Morgan fingerprint density at radius 2 is 2.05 bits per heavy atom. The van der Waals surface area contributed by atoms with Gasteiger partial charge in [-0.3, -0.25) is 0 Å². The predicted molar refractivity (Wildman–Crippen MR) is 79.5 cm³/mol. The summed E-state index contributed by atoms with van der Waals surface area (Å²) in [6, 6.07) is 3.86. The topological polar surface area (TPSA) is 82.1 Å². The molecule has 2 rings (SSSR count). The van der Waals surface area contributed by atoms with Gasteiger partial charge in [-0.25, -0.2) is 4.98 Å². The van der Waals surface area contributed by atoms with E-state index in [1.54, 1.807) is 19.4 Å². The molecule has 7 nitrogen and oxygen atoms in total. The summed E-state index contributed by atoms with van der Waals surface area (Å²) in [5.74, 6) is 1.46. The van der Waals surface area contributed by atoms with Gasteiger partial charge < -0.3 is 14.8 Å². The van der Waals surface area contributed by atoms with Crippen LogP contribution < -0.4 is 14.8 Å². The number of hydrogen-bond acceptors (Lipinski definition) is 7. The number of anilines is 1. The van der Waals surface area contributed by atoms with Crippen LogP contribution in [0.1, 0.15) is 20.8 Å². The molecule has 0 radical (unpaired) electrons. The van der Waals surface area contributed by atoms with E-state index in [1.165, 1.54) is 0 Å². The molecule has 0 aliphatic heterocycles. The number of hydrogen-bond donors (Lipinski definition) is 1. The molecular weight excluding hydrogens is 270 g/mol. The third-order valence-corrected chi connectivity index (χ3v) is 2.49. The highest BCUT2D eigenvalue weighted by atomic mass is 16.5. The highest BCUT2D eigenvalue weighted by Crippen LogP contribution is 2.26. The molecular formula is C14H19N5O2. The van der Waals surface area contributed by atoms with Crippen molar-refractivity contribution < 1.29 is 9.47 Å². The minimum absolute atomic E-state index is 0.0274. The Morgan fingerprint density at radius 1 is 1.24 bits per heavy atom. The van der Waals surface area contributed by atoms with Gasteiger partial charge in [0.1, 0.15) is 11.4 Å². The number of ether oxygens (including phenoxy) is 2. The molecule has 0 atom stereocenters. The van der Waals surface area contributed by atoms with Crippen LogP contribution in [0.2, 0.25) is 0 Å². The second-order valence-electron chi connectivity index (χ2n) is 4.52. The van der Waals surface area contributed by atoms with Gasteiger partial charge in [0.15, 0.2) is 5.82 Å². The number of aromatic nitrogens is 4. The first kappa shape index (κ1) is 15.0. The standard InChI is InChI=1S/C14H19N5O2/c1-5-15-13-17-12(18-14(19-13)21-9(2)3)11-10(20-4)7-6-8-16-11/h6-9H,5H2,1-4H3,(H,15,17,18,19). The van der Waals surface area contributed by atoms with E-state index >= 15 is 0 Å². The van der Waals surface area contributed by atoms with Gasteiger partial charge in [0.05, 0.1) is 13.2 Å². The molecule has 0 amide bonds. The Kier molecular flexibility index (Phi) is 4.86. The lowest BCUT2D eigenvalue weighted by molar-refractivity contribution is 0.222. The van der Waals surface area contributed by atoms with Crippen LogP contribution >= 0.6 is 0 Å². The third kappa shape index (κ3) is 3.77. The van der Waals surface area contributed by atoms with E-state index in [2.05, 4.69) is 25.3 Å². The summed E-state index contributed by atoms with van der Waals surface area (Å²) >= 11 is 0. The highest BCUT2D eigenvalue weighted by Gasteiger charge is 2.15. The first-order valence-corrected chi connectivity index (χ1v) is 6.80. The van der Waals surface area contributed by atoms with Crippen LogP contribution in [0.25, 0.3) is 11.5 Å². The second-order valence-corrected chi connectivity index (χ2v) is 4.52. The summed E-state index contributed by atoms with van der Waals surface area (Å²) in [6.45, 7) is 6.49. The first-order valence-electron chi connectivity index (χ1n) is 6.80. The van der Waals surface area contributed by atoms with E-state index < -0.39 is 0 Å².